The molecule has 0 saturated carbocycles. The zero-order chi connectivity index (χ0) is 13.3. The minimum Gasteiger partial charge on any atom is -0.478 e. The number of aromatic carboxylic acids is 1. The molecule has 1 aromatic heterocycles. The van der Waals surface area contributed by atoms with E-state index in [0.717, 1.165) is 17.8 Å². The summed E-state index contributed by atoms with van der Waals surface area (Å²) in [6.07, 6.45) is 3.32. The van der Waals surface area contributed by atoms with Gasteiger partial charge in [0.25, 0.3) is 0 Å². The Morgan fingerprint density at radius 3 is 2.83 bits per heavy atom. The molecule has 1 heterocycles. The van der Waals surface area contributed by atoms with E-state index in [0.29, 0.717) is 10.1 Å². The highest BCUT2D eigenvalue weighted by Gasteiger charge is 2.19. The number of benzene rings is 1. The maximum atomic E-state index is 13.3. The van der Waals surface area contributed by atoms with E-state index in [1.54, 1.807) is 24.0 Å². The Hall–Kier alpha value is -2.02. The fourth-order valence-corrected chi connectivity index (χ4v) is 2.38. The van der Waals surface area contributed by atoms with Crippen LogP contribution in [0.5, 0.6) is 0 Å². The Morgan fingerprint density at radius 2 is 2.28 bits per heavy atom. The SMILES string of the molecule is Cn1ccnc1Sc1ccc(F)c(N)c1C(=O)O. The van der Waals surface area contributed by atoms with Crippen LogP contribution in [0, 0.1) is 5.82 Å². The molecular formula is C11H10FN3O2S. The second-order valence-electron chi connectivity index (χ2n) is 3.56. The number of nitrogens with zero attached hydrogens (tertiary/aromatic N) is 2. The summed E-state index contributed by atoms with van der Waals surface area (Å²) in [7, 11) is 1.78. The normalized spacial score (nSPS) is 10.6. The van der Waals surface area contributed by atoms with Gasteiger partial charge in [0.2, 0.25) is 0 Å². The van der Waals surface area contributed by atoms with E-state index in [1.165, 1.54) is 6.07 Å². The van der Waals surface area contributed by atoms with Crippen molar-refractivity contribution in [3.63, 3.8) is 0 Å². The molecule has 0 aliphatic rings. The Balaban J connectivity index is 2.48. The van der Waals surface area contributed by atoms with Gasteiger partial charge in [0, 0.05) is 24.3 Å². The topological polar surface area (TPSA) is 81.1 Å². The largest absolute Gasteiger partial charge is 0.478 e. The van der Waals surface area contributed by atoms with E-state index in [1.807, 2.05) is 0 Å². The molecule has 0 unspecified atom stereocenters. The summed E-state index contributed by atoms with van der Waals surface area (Å²) >= 11 is 1.12. The van der Waals surface area contributed by atoms with Gasteiger partial charge < -0.3 is 15.4 Å². The van der Waals surface area contributed by atoms with Gasteiger partial charge in [-0.05, 0) is 12.1 Å². The van der Waals surface area contributed by atoms with Gasteiger partial charge in [0.05, 0.1) is 11.3 Å². The first kappa shape index (κ1) is 12.4. The predicted octanol–water partition coefficient (Wildman–Crippen LogP) is 1.99. The first-order valence-electron chi connectivity index (χ1n) is 4.97. The second kappa shape index (κ2) is 4.69. The molecule has 0 fully saturated rings. The summed E-state index contributed by atoms with van der Waals surface area (Å²) < 4.78 is 15.0. The van der Waals surface area contributed by atoms with Crippen LogP contribution in [0.3, 0.4) is 0 Å². The Kier molecular flexibility index (Phi) is 3.24. The third kappa shape index (κ3) is 2.17. The molecule has 1 aromatic carbocycles. The van der Waals surface area contributed by atoms with E-state index < -0.39 is 11.8 Å². The fraction of sp³-hybridized carbons (Fsp3) is 0.0909. The number of nitrogens with two attached hydrogens (primary N) is 1. The number of aromatic nitrogens is 2. The van der Waals surface area contributed by atoms with Crippen molar-refractivity contribution in [1.82, 2.24) is 9.55 Å². The van der Waals surface area contributed by atoms with Crippen LogP contribution in [0.25, 0.3) is 0 Å². The zero-order valence-electron chi connectivity index (χ0n) is 9.42. The van der Waals surface area contributed by atoms with Crippen molar-refractivity contribution in [1.29, 1.82) is 0 Å². The third-order valence-corrected chi connectivity index (χ3v) is 3.48. The van der Waals surface area contributed by atoms with E-state index in [-0.39, 0.29) is 11.3 Å². The first-order valence-corrected chi connectivity index (χ1v) is 5.78. The highest BCUT2D eigenvalue weighted by molar-refractivity contribution is 7.99. The molecule has 0 spiro atoms. The zero-order valence-corrected chi connectivity index (χ0v) is 10.2. The quantitative estimate of drug-likeness (QED) is 0.831. The Labute approximate surface area is 106 Å². The molecule has 3 N–H and O–H groups in total. The minimum atomic E-state index is -1.26. The number of halogens is 1. The lowest BCUT2D eigenvalue weighted by atomic mass is 10.2. The smallest absolute Gasteiger partial charge is 0.339 e. The molecule has 0 aliphatic carbocycles. The molecular weight excluding hydrogens is 257 g/mol. The van der Waals surface area contributed by atoms with Gasteiger partial charge in [0.1, 0.15) is 5.82 Å². The number of carbonyl (C=O) groups is 1. The minimum absolute atomic E-state index is 0.233. The van der Waals surface area contributed by atoms with Crippen molar-refractivity contribution in [3.8, 4) is 0 Å². The summed E-state index contributed by atoms with van der Waals surface area (Å²) in [5, 5.41) is 9.68. The highest BCUT2D eigenvalue weighted by atomic mass is 32.2. The van der Waals surface area contributed by atoms with Crippen LogP contribution in [0.4, 0.5) is 10.1 Å². The van der Waals surface area contributed by atoms with Crippen LogP contribution >= 0.6 is 11.8 Å². The molecule has 0 radical (unpaired) electrons. The van der Waals surface area contributed by atoms with Crippen molar-refractivity contribution in [2.75, 3.05) is 5.73 Å². The summed E-state index contributed by atoms with van der Waals surface area (Å²) in [6.45, 7) is 0. The molecule has 0 bridgehead atoms. The van der Waals surface area contributed by atoms with Crippen LogP contribution < -0.4 is 5.73 Å². The number of carboxylic acids is 1. The number of imidazole rings is 1. The van der Waals surface area contributed by atoms with E-state index in [4.69, 9.17) is 10.8 Å². The number of carboxylic acid groups (broad SMARTS) is 1. The van der Waals surface area contributed by atoms with Crippen LogP contribution in [0.15, 0.2) is 34.6 Å². The lowest BCUT2D eigenvalue weighted by Gasteiger charge is -2.08. The average Bonchev–Trinajstić information content (AvgIpc) is 2.69. The first-order chi connectivity index (χ1) is 8.50. The van der Waals surface area contributed by atoms with Crippen molar-refractivity contribution in [2.24, 2.45) is 7.05 Å². The molecule has 7 heteroatoms. The number of rotatable bonds is 3. The molecule has 2 aromatic rings. The van der Waals surface area contributed by atoms with Crippen molar-refractivity contribution >= 4 is 23.4 Å². The molecule has 94 valence electrons. The second-order valence-corrected chi connectivity index (χ2v) is 4.57. The third-order valence-electron chi connectivity index (χ3n) is 2.35. The van der Waals surface area contributed by atoms with Crippen molar-refractivity contribution in [2.45, 2.75) is 10.1 Å². The molecule has 0 saturated heterocycles. The fourth-order valence-electron chi connectivity index (χ4n) is 1.43. The molecule has 0 aliphatic heterocycles. The molecule has 18 heavy (non-hydrogen) atoms. The molecule has 0 amide bonds. The summed E-state index contributed by atoms with van der Waals surface area (Å²) in [5.74, 6) is -2.00. The number of hydrogen-bond donors (Lipinski definition) is 2. The number of nitrogen functional groups attached to an aromatic ring is 1. The highest BCUT2D eigenvalue weighted by Crippen LogP contribution is 2.33. The van der Waals surface area contributed by atoms with Crippen LogP contribution in [0.1, 0.15) is 10.4 Å². The lowest BCUT2D eigenvalue weighted by Crippen LogP contribution is -2.07. The number of hydrogen-bond acceptors (Lipinski definition) is 4. The van der Waals surface area contributed by atoms with Gasteiger partial charge in [-0.25, -0.2) is 14.2 Å². The van der Waals surface area contributed by atoms with Crippen molar-refractivity contribution in [3.05, 3.63) is 35.9 Å². The van der Waals surface area contributed by atoms with E-state index >= 15 is 0 Å². The Bertz CT molecular complexity index is 612. The number of aryl methyl sites for hydroxylation is 1. The van der Waals surface area contributed by atoms with Gasteiger partial charge in [-0.2, -0.15) is 0 Å². The van der Waals surface area contributed by atoms with E-state index in [2.05, 4.69) is 4.98 Å². The monoisotopic (exact) mass is 267 g/mol. The van der Waals surface area contributed by atoms with Gasteiger partial charge in [-0.15, -0.1) is 0 Å². The van der Waals surface area contributed by atoms with Gasteiger partial charge >= 0.3 is 5.97 Å². The van der Waals surface area contributed by atoms with Crippen LogP contribution in [-0.2, 0) is 7.05 Å². The van der Waals surface area contributed by atoms with Gasteiger partial charge in [-0.1, -0.05) is 11.8 Å². The predicted molar refractivity (Wildman–Crippen MR) is 65.1 cm³/mol. The van der Waals surface area contributed by atoms with Crippen LogP contribution in [0.2, 0.25) is 0 Å². The summed E-state index contributed by atoms with van der Waals surface area (Å²) in [6, 6.07) is 2.53. The lowest BCUT2D eigenvalue weighted by molar-refractivity contribution is 0.0694. The van der Waals surface area contributed by atoms with Crippen LogP contribution in [-0.4, -0.2) is 20.6 Å². The van der Waals surface area contributed by atoms with Gasteiger partial charge in [0.15, 0.2) is 5.16 Å². The average molecular weight is 267 g/mol. The number of anilines is 1. The summed E-state index contributed by atoms with van der Waals surface area (Å²) in [5.41, 5.74) is 4.86. The molecule has 0 atom stereocenters. The van der Waals surface area contributed by atoms with Gasteiger partial charge in [-0.3, -0.25) is 0 Å². The maximum Gasteiger partial charge on any atom is 0.339 e. The Morgan fingerprint density at radius 1 is 1.56 bits per heavy atom. The summed E-state index contributed by atoms with van der Waals surface area (Å²) in [4.78, 5) is 15.5. The van der Waals surface area contributed by atoms with E-state index in [9.17, 15) is 9.18 Å². The standard InChI is InChI=1S/C11H10FN3O2S/c1-15-5-4-14-11(15)18-7-3-2-6(12)9(13)8(7)10(16)17/h2-5H,13H2,1H3,(H,16,17). The molecule has 2 rings (SSSR count). The molecule has 5 nitrogen and oxygen atoms in total. The maximum absolute atomic E-state index is 13.3. The van der Waals surface area contributed by atoms with Crippen molar-refractivity contribution < 1.29 is 14.3 Å².